The first-order chi connectivity index (χ1) is 15.7. The number of carboxylic acids is 1. The van der Waals surface area contributed by atoms with Gasteiger partial charge in [0.1, 0.15) is 18.3 Å². The summed E-state index contributed by atoms with van der Waals surface area (Å²) in [6.07, 6.45) is 1.94. The molecular formula is C23H33N5O5. The summed E-state index contributed by atoms with van der Waals surface area (Å²) in [6, 6.07) is 7.64. The highest BCUT2D eigenvalue weighted by Gasteiger charge is 2.27. The average Bonchev–Trinajstić information content (AvgIpc) is 3.24. The summed E-state index contributed by atoms with van der Waals surface area (Å²) < 4.78 is 6.54. The van der Waals surface area contributed by atoms with Crippen molar-refractivity contribution in [1.29, 1.82) is 0 Å². The third kappa shape index (κ3) is 8.21. The maximum atomic E-state index is 12.7. The SMILES string of the molecule is CC[C@H](C)[C@@H](C(=O)O)n1cc(CNC(=O)[C@H](CC(C)C)NC(=O)OCc2ccccc2)nn1. The maximum Gasteiger partial charge on any atom is 0.408 e. The highest BCUT2D eigenvalue weighted by molar-refractivity contribution is 5.85. The Morgan fingerprint density at radius 3 is 2.45 bits per heavy atom. The van der Waals surface area contributed by atoms with Gasteiger partial charge in [-0.25, -0.2) is 14.3 Å². The number of nitrogens with zero attached hydrogens (tertiary/aromatic N) is 3. The summed E-state index contributed by atoms with van der Waals surface area (Å²) in [7, 11) is 0. The van der Waals surface area contributed by atoms with Crippen molar-refractivity contribution in [2.75, 3.05) is 0 Å². The van der Waals surface area contributed by atoms with E-state index in [0.717, 1.165) is 5.56 Å². The van der Waals surface area contributed by atoms with Crippen molar-refractivity contribution in [2.45, 2.75) is 65.8 Å². The minimum absolute atomic E-state index is 0.0566. The number of nitrogens with one attached hydrogen (secondary N) is 2. The number of hydrogen-bond acceptors (Lipinski definition) is 6. The summed E-state index contributed by atoms with van der Waals surface area (Å²) >= 11 is 0. The molecular weight excluding hydrogens is 426 g/mol. The number of hydrogen-bond donors (Lipinski definition) is 3. The molecule has 10 nitrogen and oxygen atoms in total. The Bertz CT molecular complexity index is 915. The fraction of sp³-hybridized carbons (Fsp3) is 0.522. The van der Waals surface area contributed by atoms with E-state index in [-0.39, 0.29) is 30.9 Å². The second kappa shape index (κ2) is 12.6. The van der Waals surface area contributed by atoms with Gasteiger partial charge in [0.25, 0.3) is 0 Å². The molecule has 0 spiro atoms. The summed E-state index contributed by atoms with van der Waals surface area (Å²) in [5, 5.41) is 22.8. The van der Waals surface area contributed by atoms with Crippen LogP contribution in [0.1, 0.15) is 57.8 Å². The number of aromatic nitrogens is 3. The fourth-order valence-electron chi connectivity index (χ4n) is 3.28. The van der Waals surface area contributed by atoms with Crippen molar-refractivity contribution in [3.8, 4) is 0 Å². The highest BCUT2D eigenvalue weighted by atomic mass is 16.5. The molecule has 0 aliphatic heterocycles. The Balaban J connectivity index is 1.94. The van der Waals surface area contributed by atoms with E-state index in [4.69, 9.17) is 4.74 Å². The van der Waals surface area contributed by atoms with Crippen LogP contribution in [-0.4, -0.2) is 44.1 Å². The summed E-state index contributed by atoms with van der Waals surface area (Å²) in [5.74, 6) is -1.34. The molecule has 33 heavy (non-hydrogen) atoms. The zero-order valence-corrected chi connectivity index (χ0v) is 19.5. The number of ether oxygens (including phenoxy) is 1. The molecule has 3 atom stereocenters. The monoisotopic (exact) mass is 459 g/mol. The third-order valence-electron chi connectivity index (χ3n) is 5.25. The average molecular weight is 460 g/mol. The molecule has 2 rings (SSSR count). The molecule has 0 unspecified atom stereocenters. The Morgan fingerprint density at radius 1 is 1.15 bits per heavy atom. The van der Waals surface area contributed by atoms with Crippen molar-refractivity contribution in [3.05, 3.63) is 47.8 Å². The largest absolute Gasteiger partial charge is 0.480 e. The van der Waals surface area contributed by atoms with Gasteiger partial charge in [0.2, 0.25) is 5.91 Å². The summed E-state index contributed by atoms with van der Waals surface area (Å²) in [4.78, 5) is 36.6. The van der Waals surface area contributed by atoms with Gasteiger partial charge in [-0.1, -0.05) is 69.7 Å². The van der Waals surface area contributed by atoms with Crippen LogP contribution in [0.2, 0.25) is 0 Å². The lowest BCUT2D eigenvalue weighted by molar-refractivity contribution is -0.143. The van der Waals surface area contributed by atoms with Gasteiger partial charge in [0, 0.05) is 0 Å². The molecule has 0 aliphatic rings. The number of amides is 2. The normalized spacial score (nSPS) is 13.7. The molecule has 0 aliphatic carbocycles. The summed E-state index contributed by atoms with van der Waals surface area (Å²) in [5.41, 5.74) is 1.27. The lowest BCUT2D eigenvalue weighted by Gasteiger charge is -2.20. The Morgan fingerprint density at radius 2 is 1.85 bits per heavy atom. The molecule has 1 aromatic heterocycles. The van der Waals surface area contributed by atoms with Crippen LogP contribution >= 0.6 is 0 Å². The molecule has 0 saturated heterocycles. The first-order valence-electron chi connectivity index (χ1n) is 11.1. The molecule has 180 valence electrons. The molecule has 1 aromatic carbocycles. The van der Waals surface area contributed by atoms with Crippen LogP contribution < -0.4 is 10.6 Å². The van der Waals surface area contributed by atoms with E-state index in [1.165, 1.54) is 10.9 Å². The number of alkyl carbamates (subject to hydrolysis) is 1. The molecule has 0 radical (unpaired) electrons. The first-order valence-corrected chi connectivity index (χ1v) is 11.1. The molecule has 10 heteroatoms. The highest BCUT2D eigenvalue weighted by Crippen LogP contribution is 2.20. The standard InChI is InChI=1S/C23H33N5O5/c1-5-16(4)20(22(30)31)28-13-18(26-27-28)12-24-21(29)19(11-15(2)3)25-23(32)33-14-17-9-7-6-8-10-17/h6-10,13,15-16,19-20H,5,11-12,14H2,1-4H3,(H,24,29)(H,25,32)(H,30,31)/t16-,19-,20-/m0/s1. The number of carbonyl (C=O) groups excluding carboxylic acids is 2. The lowest BCUT2D eigenvalue weighted by Crippen LogP contribution is -2.47. The molecule has 0 fully saturated rings. The van der Waals surface area contributed by atoms with Gasteiger partial charge in [-0.15, -0.1) is 5.10 Å². The third-order valence-corrected chi connectivity index (χ3v) is 5.25. The zero-order chi connectivity index (χ0) is 24.4. The fourth-order valence-corrected chi connectivity index (χ4v) is 3.28. The zero-order valence-electron chi connectivity index (χ0n) is 19.5. The van der Waals surface area contributed by atoms with Gasteiger partial charge in [-0.3, -0.25) is 4.79 Å². The van der Waals surface area contributed by atoms with Crippen molar-refractivity contribution in [3.63, 3.8) is 0 Å². The van der Waals surface area contributed by atoms with Crippen LogP contribution in [0, 0.1) is 11.8 Å². The van der Waals surface area contributed by atoms with E-state index in [1.807, 2.05) is 58.0 Å². The number of carbonyl (C=O) groups is 3. The first kappa shape index (κ1) is 25.8. The molecule has 1 heterocycles. The lowest BCUT2D eigenvalue weighted by atomic mass is 10.00. The smallest absolute Gasteiger partial charge is 0.408 e. The number of carboxylic acid groups (broad SMARTS) is 1. The van der Waals surface area contributed by atoms with E-state index in [0.29, 0.717) is 18.5 Å². The van der Waals surface area contributed by atoms with Crippen molar-refractivity contribution < 1.29 is 24.2 Å². The maximum absolute atomic E-state index is 12.7. The number of rotatable bonds is 12. The molecule has 2 aromatic rings. The number of benzene rings is 1. The van der Waals surface area contributed by atoms with Crippen LogP contribution in [0.5, 0.6) is 0 Å². The predicted octanol–water partition coefficient (Wildman–Crippen LogP) is 2.91. The number of aliphatic carboxylic acids is 1. The Labute approximate surface area is 193 Å². The van der Waals surface area contributed by atoms with Crippen molar-refractivity contribution in [1.82, 2.24) is 25.6 Å². The van der Waals surface area contributed by atoms with Gasteiger partial charge in [-0.2, -0.15) is 0 Å². The predicted molar refractivity (Wildman–Crippen MR) is 121 cm³/mol. The van der Waals surface area contributed by atoms with Gasteiger partial charge >= 0.3 is 12.1 Å². The second-order valence-electron chi connectivity index (χ2n) is 8.46. The second-order valence-corrected chi connectivity index (χ2v) is 8.46. The van der Waals surface area contributed by atoms with Crippen molar-refractivity contribution >= 4 is 18.0 Å². The van der Waals surface area contributed by atoms with Gasteiger partial charge < -0.3 is 20.5 Å². The van der Waals surface area contributed by atoms with E-state index >= 15 is 0 Å². The van der Waals surface area contributed by atoms with Crippen LogP contribution in [0.15, 0.2) is 36.5 Å². The van der Waals surface area contributed by atoms with E-state index < -0.39 is 24.1 Å². The van der Waals surface area contributed by atoms with Crippen LogP contribution in [0.4, 0.5) is 4.79 Å². The van der Waals surface area contributed by atoms with Crippen molar-refractivity contribution in [2.24, 2.45) is 11.8 Å². The van der Waals surface area contributed by atoms with Crippen LogP contribution in [-0.2, 0) is 27.5 Å². The molecule has 0 saturated carbocycles. The molecule has 2 amide bonds. The Kier molecular flexibility index (Phi) is 9.84. The quantitative estimate of drug-likeness (QED) is 0.444. The van der Waals surface area contributed by atoms with Crippen LogP contribution in [0.3, 0.4) is 0 Å². The van der Waals surface area contributed by atoms with Gasteiger partial charge in [0.15, 0.2) is 6.04 Å². The van der Waals surface area contributed by atoms with E-state index in [2.05, 4.69) is 20.9 Å². The summed E-state index contributed by atoms with van der Waals surface area (Å²) in [6.45, 7) is 7.80. The molecule has 3 N–H and O–H groups in total. The topological polar surface area (TPSA) is 135 Å². The van der Waals surface area contributed by atoms with Gasteiger partial charge in [0.05, 0.1) is 12.7 Å². The van der Waals surface area contributed by atoms with E-state index in [1.54, 1.807) is 0 Å². The molecule has 0 bridgehead atoms. The van der Waals surface area contributed by atoms with E-state index in [9.17, 15) is 19.5 Å². The van der Waals surface area contributed by atoms with Crippen LogP contribution in [0.25, 0.3) is 0 Å². The minimum Gasteiger partial charge on any atom is -0.480 e. The minimum atomic E-state index is -0.986. The Hall–Kier alpha value is -3.43. The van der Waals surface area contributed by atoms with Gasteiger partial charge in [-0.05, 0) is 23.8 Å².